The molecule has 7 heteroatoms. The van der Waals surface area contributed by atoms with Crippen molar-refractivity contribution in [2.75, 3.05) is 6.26 Å². The number of halogens is 1. The lowest BCUT2D eigenvalue weighted by atomic mass is 11.0. The molecule has 0 aromatic rings. The summed E-state index contributed by atoms with van der Waals surface area (Å²) in [5.74, 6) is 0. The molecule has 0 aliphatic heterocycles. The highest BCUT2D eigenvalue weighted by Crippen LogP contribution is 2.36. The van der Waals surface area contributed by atoms with Crippen LogP contribution in [0.15, 0.2) is 0 Å². The quantitative estimate of drug-likeness (QED) is 0.564. The van der Waals surface area contributed by atoms with Crippen molar-refractivity contribution in [3.05, 3.63) is 0 Å². The van der Waals surface area contributed by atoms with Crippen LogP contribution in [0.4, 0.5) is 3.89 Å². The van der Waals surface area contributed by atoms with E-state index in [9.17, 15) is 20.7 Å². The zero-order valence-electron chi connectivity index (χ0n) is 5.69. The van der Waals surface area contributed by atoms with Crippen molar-refractivity contribution < 1.29 is 20.7 Å². The molecule has 0 spiro atoms. The van der Waals surface area contributed by atoms with Gasteiger partial charge in [0.2, 0.25) is 0 Å². The van der Waals surface area contributed by atoms with Crippen LogP contribution in [0.2, 0.25) is 0 Å². The van der Waals surface area contributed by atoms with E-state index in [1.807, 2.05) is 0 Å². The van der Waals surface area contributed by atoms with Crippen LogP contribution < -0.4 is 0 Å². The van der Waals surface area contributed by atoms with Crippen molar-refractivity contribution >= 4 is 20.1 Å². The largest absolute Gasteiger partial charge is 0.306 e. The third-order valence-corrected chi connectivity index (χ3v) is 4.63. The first-order valence-corrected chi connectivity index (χ1v) is 6.25. The molecule has 0 aromatic heterocycles. The maximum absolute atomic E-state index is 12.1. The van der Waals surface area contributed by atoms with Crippen LogP contribution in [0.3, 0.4) is 0 Å². The summed E-state index contributed by atoms with van der Waals surface area (Å²) in [4.78, 5) is 0. The maximum atomic E-state index is 12.1. The molecular weight excluding hydrogens is 195 g/mol. The predicted octanol–water partition coefficient (Wildman–Crippen LogP) is -0.529. The molecule has 1 fully saturated rings. The average Bonchev–Trinajstić information content (AvgIpc) is 2.30. The first kappa shape index (κ1) is 8.92. The van der Waals surface area contributed by atoms with Crippen LogP contribution in [0, 0.1) is 0 Å². The van der Waals surface area contributed by atoms with Crippen molar-refractivity contribution in [3.63, 3.8) is 0 Å². The Hall–Kier alpha value is -0.170. The third kappa shape index (κ3) is 1.90. The number of hydrogen-bond donors (Lipinski definition) is 0. The molecule has 2 unspecified atom stereocenters. The van der Waals surface area contributed by atoms with Gasteiger partial charge in [-0.15, -0.1) is 3.89 Å². The predicted molar refractivity (Wildman–Crippen MR) is 37.1 cm³/mol. The average molecular weight is 202 g/mol. The van der Waals surface area contributed by atoms with E-state index < -0.39 is 30.6 Å². The molecular formula is C4H7FO4S2. The molecule has 66 valence electrons. The maximum Gasteiger partial charge on any atom is 0.306 e. The molecule has 1 rings (SSSR count). The van der Waals surface area contributed by atoms with E-state index in [2.05, 4.69) is 0 Å². The van der Waals surface area contributed by atoms with E-state index >= 15 is 0 Å². The highest BCUT2D eigenvalue weighted by atomic mass is 32.3. The zero-order chi connectivity index (χ0) is 8.86. The smallest absolute Gasteiger partial charge is 0.229 e. The van der Waals surface area contributed by atoms with Crippen LogP contribution in [0.1, 0.15) is 6.42 Å². The summed E-state index contributed by atoms with van der Waals surface area (Å²) in [6.45, 7) is 0. The molecule has 0 saturated heterocycles. The lowest BCUT2D eigenvalue weighted by Crippen LogP contribution is -2.12. The van der Waals surface area contributed by atoms with Crippen molar-refractivity contribution in [1.82, 2.24) is 0 Å². The second-order valence-corrected chi connectivity index (χ2v) is 6.44. The molecule has 0 radical (unpaired) electrons. The van der Waals surface area contributed by atoms with Crippen molar-refractivity contribution in [1.29, 1.82) is 0 Å². The fourth-order valence-electron chi connectivity index (χ4n) is 0.897. The lowest BCUT2D eigenvalue weighted by molar-refractivity contribution is 0.549. The molecule has 1 aliphatic carbocycles. The summed E-state index contributed by atoms with van der Waals surface area (Å²) in [5.41, 5.74) is 0. The molecule has 0 amide bonds. The van der Waals surface area contributed by atoms with Crippen molar-refractivity contribution in [2.45, 2.75) is 16.9 Å². The fraction of sp³-hybridized carbons (Fsp3) is 1.00. The van der Waals surface area contributed by atoms with Gasteiger partial charge in [0.15, 0.2) is 9.84 Å². The Morgan fingerprint density at radius 1 is 1.18 bits per heavy atom. The summed E-state index contributed by atoms with van der Waals surface area (Å²) < 4.78 is 53.5. The van der Waals surface area contributed by atoms with Gasteiger partial charge in [0.05, 0.1) is 5.25 Å². The van der Waals surface area contributed by atoms with Gasteiger partial charge in [-0.3, -0.25) is 0 Å². The van der Waals surface area contributed by atoms with Crippen LogP contribution in [0.5, 0.6) is 0 Å². The molecule has 0 heterocycles. The summed E-state index contributed by atoms with van der Waals surface area (Å²) in [7, 11) is -8.02. The van der Waals surface area contributed by atoms with Gasteiger partial charge in [0.1, 0.15) is 5.25 Å². The van der Waals surface area contributed by atoms with Gasteiger partial charge < -0.3 is 0 Å². The van der Waals surface area contributed by atoms with Gasteiger partial charge in [-0.25, -0.2) is 8.42 Å². The SMILES string of the molecule is CS(=O)(=O)C1CC1S(=O)(=O)F. The second-order valence-electron chi connectivity index (χ2n) is 2.62. The van der Waals surface area contributed by atoms with E-state index in [-0.39, 0.29) is 6.42 Å². The van der Waals surface area contributed by atoms with Gasteiger partial charge >= 0.3 is 10.2 Å². The molecule has 0 N–H and O–H groups in total. The first-order valence-electron chi connectivity index (χ1n) is 2.85. The van der Waals surface area contributed by atoms with E-state index in [1.54, 1.807) is 0 Å². The summed E-state index contributed by atoms with van der Waals surface area (Å²) >= 11 is 0. The summed E-state index contributed by atoms with van der Waals surface area (Å²) in [6, 6.07) is 0. The van der Waals surface area contributed by atoms with E-state index in [0.717, 1.165) is 6.26 Å². The Kier molecular flexibility index (Phi) is 1.75. The Morgan fingerprint density at radius 3 is 1.73 bits per heavy atom. The highest BCUT2D eigenvalue weighted by Gasteiger charge is 2.53. The van der Waals surface area contributed by atoms with Gasteiger partial charge in [0, 0.05) is 6.26 Å². The van der Waals surface area contributed by atoms with Gasteiger partial charge in [-0.2, -0.15) is 8.42 Å². The fourth-order valence-corrected chi connectivity index (χ4v) is 3.93. The molecule has 2 atom stereocenters. The highest BCUT2D eigenvalue weighted by molar-refractivity contribution is 7.94. The Bertz CT molecular complexity index is 318. The summed E-state index contributed by atoms with van der Waals surface area (Å²) in [5, 5.41) is -2.32. The Labute approximate surface area is 64.5 Å². The van der Waals surface area contributed by atoms with Crippen molar-refractivity contribution in [3.8, 4) is 0 Å². The van der Waals surface area contributed by atoms with Crippen LogP contribution in [-0.2, 0) is 20.1 Å². The Balaban J connectivity index is 2.81. The number of rotatable bonds is 2. The van der Waals surface area contributed by atoms with Gasteiger partial charge in [-0.05, 0) is 6.42 Å². The van der Waals surface area contributed by atoms with E-state index in [0.29, 0.717) is 0 Å². The molecule has 0 bridgehead atoms. The minimum atomic E-state index is -4.64. The zero-order valence-corrected chi connectivity index (χ0v) is 7.32. The van der Waals surface area contributed by atoms with Gasteiger partial charge in [-0.1, -0.05) is 0 Å². The molecule has 1 aliphatic rings. The molecule has 1 saturated carbocycles. The molecule has 11 heavy (non-hydrogen) atoms. The standard InChI is InChI=1S/C4H7FO4S2/c1-10(6,7)3-2-4(3)11(5,8)9/h3-4H,2H2,1H3. The van der Waals surface area contributed by atoms with Gasteiger partial charge in [0.25, 0.3) is 0 Å². The number of hydrogen-bond acceptors (Lipinski definition) is 4. The Morgan fingerprint density at radius 2 is 1.64 bits per heavy atom. The summed E-state index contributed by atoms with van der Waals surface area (Å²) in [6.07, 6.45) is 0.806. The first-order chi connectivity index (χ1) is 4.73. The minimum Gasteiger partial charge on any atom is -0.229 e. The van der Waals surface area contributed by atoms with E-state index in [4.69, 9.17) is 0 Å². The molecule has 4 nitrogen and oxygen atoms in total. The normalized spacial score (nSPS) is 31.8. The third-order valence-electron chi connectivity index (χ3n) is 1.59. The minimum absolute atomic E-state index is 0.0995. The monoisotopic (exact) mass is 202 g/mol. The second kappa shape index (κ2) is 2.16. The van der Waals surface area contributed by atoms with E-state index in [1.165, 1.54) is 0 Å². The number of sulfone groups is 1. The molecule has 0 aromatic carbocycles. The topological polar surface area (TPSA) is 68.3 Å². The lowest BCUT2D eigenvalue weighted by Gasteiger charge is -1.90. The van der Waals surface area contributed by atoms with Crippen LogP contribution in [-0.4, -0.2) is 33.6 Å². The van der Waals surface area contributed by atoms with Crippen LogP contribution >= 0.6 is 0 Å². The van der Waals surface area contributed by atoms with Crippen molar-refractivity contribution in [2.24, 2.45) is 0 Å². The van der Waals surface area contributed by atoms with Crippen LogP contribution in [0.25, 0.3) is 0 Å².